The Balaban J connectivity index is 2.18. The molecule has 1 heterocycles. The Labute approximate surface area is 119 Å². The summed E-state index contributed by atoms with van der Waals surface area (Å²) in [5.41, 5.74) is 0.816. The van der Waals surface area contributed by atoms with Crippen LogP contribution in [-0.4, -0.2) is 10.8 Å². The van der Waals surface area contributed by atoms with Gasteiger partial charge in [-0.3, -0.25) is 9.78 Å². The smallest absolute Gasteiger partial charge is 0.195 e. The van der Waals surface area contributed by atoms with Crippen LogP contribution in [-0.2, 0) is 0 Å². The first kappa shape index (κ1) is 12.8. The Morgan fingerprint density at radius 2 is 1.95 bits per heavy atom. The molecular weight excluding hydrogens is 277 g/mol. The van der Waals surface area contributed by atoms with Gasteiger partial charge in [0.25, 0.3) is 0 Å². The maximum Gasteiger partial charge on any atom is 0.195 e. The van der Waals surface area contributed by atoms with Crippen molar-refractivity contribution in [2.75, 3.05) is 0 Å². The first-order chi connectivity index (χ1) is 9.66. The number of aromatic nitrogens is 1. The summed E-state index contributed by atoms with van der Waals surface area (Å²) in [6.45, 7) is 0. The third-order valence-corrected chi connectivity index (χ3v) is 3.41. The lowest BCUT2D eigenvalue weighted by Crippen LogP contribution is -2.03. The van der Waals surface area contributed by atoms with E-state index in [0.717, 1.165) is 16.8 Å². The fourth-order valence-corrected chi connectivity index (χ4v) is 2.39. The molecule has 0 aliphatic rings. The van der Waals surface area contributed by atoms with Crippen molar-refractivity contribution in [3.63, 3.8) is 0 Å². The van der Waals surface area contributed by atoms with Crippen molar-refractivity contribution >= 4 is 28.2 Å². The van der Waals surface area contributed by atoms with Crippen LogP contribution in [0.5, 0.6) is 0 Å². The maximum atomic E-state index is 13.1. The molecule has 0 saturated carbocycles. The molecular formula is C16H9ClFNO. The Morgan fingerprint density at radius 3 is 2.75 bits per heavy atom. The van der Waals surface area contributed by atoms with Gasteiger partial charge in [0.1, 0.15) is 5.82 Å². The SMILES string of the molecule is O=C(c1ccc(F)cc1Cl)c1cccc2cnccc12. The van der Waals surface area contributed by atoms with Gasteiger partial charge >= 0.3 is 0 Å². The van der Waals surface area contributed by atoms with Crippen LogP contribution in [0, 0.1) is 5.82 Å². The number of benzene rings is 2. The van der Waals surface area contributed by atoms with Gasteiger partial charge in [0.2, 0.25) is 0 Å². The second kappa shape index (κ2) is 5.02. The highest BCUT2D eigenvalue weighted by Gasteiger charge is 2.15. The molecule has 2 nitrogen and oxygen atoms in total. The lowest BCUT2D eigenvalue weighted by atomic mass is 9.98. The number of fused-ring (bicyclic) bond motifs is 1. The summed E-state index contributed by atoms with van der Waals surface area (Å²) in [5, 5.41) is 1.78. The molecule has 0 N–H and O–H groups in total. The molecule has 0 amide bonds. The van der Waals surface area contributed by atoms with Crippen LogP contribution in [0.2, 0.25) is 5.02 Å². The van der Waals surface area contributed by atoms with Crippen molar-refractivity contribution in [2.45, 2.75) is 0 Å². The molecule has 0 unspecified atom stereocenters. The van der Waals surface area contributed by atoms with Crippen molar-refractivity contribution in [1.82, 2.24) is 4.98 Å². The molecule has 0 fully saturated rings. The van der Waals surface area contributed by atoms with Crippen LogP contribution < -0.4 is 0 Å². The number of pyridine rings is 1. The molecule has 0 saturated heterocycles. The van der Waals surface area contributed by atoms with E-state index in [2.05, 4.69) is 4.98 Å². The average molecular weight is 286 g/mol. The largest absolute Gasteiger partial charge is 0.289 e. The number of rotatable bonds is 2. The molecule has 0 spiro atoms. The lowest BCUT2D eigenvalue weighted by molar-refractivity contribution is 0.104. The molecule has 20 heavy (non-hydrogen) atoms. The number of halogens is 2. The maximum absolute atomic E-state index is 13.1. The summed E-state index contributed by atoms with van der Waals surface area (Å²) >= 11 is 5.95. The van der Waals surface area contributed by atoms with E-state index in [1.54, 1.807) is 30.6 Å². The summed E-state index contributed by atoms with van der Waals surface area (Å²) in [4.78, 5) is 16.6. The highest BCUT2D eigenvalue weighted by molar-refractivity contribution is 6.35. The third kappa shape index (κ3) is 2.17. The molecule has 0 aliphatic heterocycles. The van der Waals surface area contributed by atoms with E-state index in [1.807, 2.05) is 6.07 Å². The summed E-state index contributed by atoms with van der Waals surface area (Å²) in [5.74, 6) is -0.694. The van der Waals surface area contributed by atoms with Crippen molar-refractivity contribution in [3.8, 4) is 0 Å². The predicted molar refractivity (Wildman–Crippen MR) is 76.6 cm³/mol. The van der Waals surface area contributed by atoms with Gasteiger partial charge in [0.05, 0.1) is 5.02 Å². The highest BCUT2D eigenvalue weighted by Crippen LogP contribution is 2.24. The monoisotopic (exact) mass is 285 g/mol. The second-order valence-corrected chi connectivity index (χ2v) is 4.76. The van der Waals surface area contributed by atoms with Gasteiger partial charge in [-0.1, -0.05) is 29.8 Å². The van der Waals surface area contributed by atoms with E-state index in [4.69, 9.17) is 11.6 Å². The molecule has 0 radical (unpaired) electrons. The van der Waals surface area contributed by atoms with E-state index in [-0.39, 0.29) is 16.4 Å². The van der Waals surface area contributed by atoms with Crippen LogP contribution in [0.25, 0.3) is 10.8 Å². The molecule has 0 atom stereocenters. The molecule has 4 heteroatoms. The van der Waals surface area contributed by atoms with Crippen LogP contribution in [0.15, 0.2) is 54.9 Å². The van der Waals surface area contributed by atoms with E-state index in [9.17, 15) is 9.18 Å². The summed E-state index contributed by atoms with van der Waals surface area (Å²) in [6, 6.07) is 10.9. The quantitative estimate of drug-likeness (QED) is 0.659. The minimum atomic E-state index is -0.464. The molecule has 1 aromatic heterocycles. The van der Waals surface area contributed by atoms with Crippen molar-refractivity contribution in [3.05, 3.63) is 76.8 Å². The number of carbonyl (C=O) groups excluding carboxylic acids is 1. The van der Waals surface area contributed by atoms with E-state index < -0.39 is 5.82 Å². The molecule has 0 bridgehead atoms. The Bertz CT molecular complexity index is 811. The highest BCUT2D eigenvalue weighted by atomic mass is 35.5. The first-order valence-corrected chi connectivity index (χ1v) is 6.37. The standard InChI is InChI=1S/C16H9ClFNO/c17-15-8-11(18)4-5-14(15)16(20)13-3-1-2-10-9-19-7-6-12(10)13/h1-9H. The normalized spacial score (nSPS) is 10.7. The second-order valence-electron chi connectivity index (χ2n) is 4.36. The van der Waals surface area contributed by atoms with Gasteiger partial charge in [-0.25, -0.2) is 4.39 Å². The molecule has 3 aromatic rings. The van der Waals surface area contributed by atoms with Crippen molar-refractivity contribution in [1.29, 1.82) is 0 Å². The third-order valence-electron chi connectivity index (χ3n) is 3.10. The van der Waals surface area contributed by atoms with Gasteiger partial charge < -0.3 is 0 Å². The van der Waals surface area contributed by atoms with Gasteiger partial charge in [0, 0.05) is 28.9 Å². The van der Waals surface area contributed by atoms with Crippen LogP contribution in [0.1, 0.15) is 15.9 Å². The van der Waals surface area contributed by atoms with E-state index in [0.29, 0.717) is 5.56 Å². The number of ketones is 1. The molecule has 3 rings (SSSR count). The van der Waals surface area contributed by atoms with Crippen LogP contribution >= 0.6 is 11.6 Å². The summed E-state index contributed by atoms with van der Waals surface area (Å²) in [6.07, 6.45) is 3.32. The minimum absolute atomic E-state index is 0.112. The van der Waals surface area contributed by atoms with E-state index >= 15 is 0 Å². The summed E-state index contributed by atoms with van der Waals surface area (Å²) < 4.78 is 13.1. The van der Waals surface area contributed by atoms with Gasteiger partial charge in [-0.15, -0.1) is 0 Å². The van der Waals surface area contributed by atoms with Gasteiger partial charge in [-0.05, 0) is 29.7 Å². The van der Waals surface area contributed by atoms with Crippen molar-refractivity contribution in [2.24, 2.45) is 0 Å². The lowest BCUT2D eigenvalue weighted by Gasteiger charge is -2.07. The minimum Gasteiger partial charge on any atom is -0.289 e. The first-order valence-electron chi connectivity index (χ1n) is 5.99. The fraction of sp³-hybridized carbons (Fsp3) is 0. The number of carbonyl (C=O) groups is 1. The summed E-state index contributed by atoms with van der Waals surface area (Å²) in [7, 11) is 0. The van der Waals surface area contributed by atoms with Crippen LogP contribution in [0.3, 0.4) is 0 Å². The zero-order chi connectivity index (χ0) is 14.1. The zero-order valence-electron chi connectivity index (χ0n) is 10.3. The number of hydrogen-bond acceptors (Lipinski definition) is 2. The van der Waals surface area contributed by atoms with Gasteiger partial charge in [-0.2, -0.15) is 0 Å². The Morgan fingerprint density at radius 1 is 1.10 bits per heavy atom. The van der Waals surface area contributed by atoms with Gasteiger partial charge in [0.15, 0.2) is 5.78 Å². The van der Waals surface area contributed by atoms with E-state index in [1.165, 1.54) is 12.1 Å². The molecule has 2 aromatic carbocycles. The molecule has 0 aliphatic carbocycles. The number of hydrogen-bond donors (Lipinski definition) is 0. The Kier molecular flexibility index (Phi) is 3.20. The zero-order valence-corrected chi connectivity index (χ0v) is 11.1. The van der Waals surface area contributed by atoms with Crippen LogP contribution in [0.4, 0.5) is 4.39 Å². The predicted octanol–water partition coefficient (Wildman–Crippen LogP) is 4.26. The molecule has 98 valence electrons. The van der Waals surface area contributed by atoms with Crippen molar-refractivity contribution < 1.29 is 9.18 Å². The average Bonchev–Trinajstić information content (AvgIpc) is 2.46. The fourth-order valence-electron chi connectivity index (χ4n) is 2.14. The Hall–Kier alpha value is -2.26. The topological polar surface area (TPSA) is 30.0 Å². The number of nitrogens with zero attached hydrogens (tertiary/aromatic N) is 1.